The molecule has 0 N–H and O–H groups in total. The molecule has 1 nitrogen and oxygen atoms in total. The predicted octanol–water partition coefficient (Wildman–Crippen LogP) is 2.79. The van der Waals surface area contributed by atoms with Crippen LogP contribution in [0.15, 0.2) is 30.8 Å². The van der Waals surface area contributed by atoms with Crippen LogP contribution in [0.5, 0.6) is 0 Å². The van der Waals surface area contributed by atoms with E-state index >= 15 is 0 Å². The van der Waals surface area contributed by atoms with Crippen molar-refractivity contribution in [1.29, 1.82) is 0 Å². The van der Waals surface area contributed by atoms with Crippen LogP contribution >= 0.6 is 0 Å². The Hall–Kier alpha value is -1.24. The fourth-order valence-corrected chi connectivity index (χ4v) is 1.04. The summed E-state index contributed by atoms with van der Waals surface area (Å²) in [5.41, 5.74) is 3.54. The number of allylic oxidation sites excluding steroid dienone is 1. The van der Waals surface area contributed by atoms with E-state index in [0.717, 1.165) is 5.57 Å². The van der Waals surface area contributed by atoms with Gasteiger partial charge in [-0.1, -0.05) is 24.3 Å². The van der Waals surface area contributed by atoms with Crippen molar-refractivity contribution in [2.24, 2.45) is 0 Å². The largest absolute Gasteiger partial charge is 0.378 e. The number of hydrogen-bond acceptors (Lipinski definition) is 1. The molecule has 0 amide bonds. The number of hydrogen-bond donors (Lipinski definition) is 0. The van der Waals surface area contributed by atoms with E-state index in [0.29, 0.717) is 0 Å². The van der Waals surface area contributed by atoms with E-state index in [9.17, 15) is 0 Å². The molecule has 0 bridgehead atoms. The Kier molecular flexibility index (Phi) is 2.54. The molecular formula is C11H15N. The number of benzene rings is 1. The third-order valence-electron chi connectivity index (χ3n) is 1.88. The van der Waals surface area contributed by atoms with Crippen LogP contribution in [0.2, 0.25) is 0 Å². The van der Waals surface area contributed by atoms with E-state index in [1.54, 1.807) is 0 Å². The zero-order chi connectivity index (χ0) is 9.14. The summed E-state index contributed by atoms with van der Waals surface area (Å²) >= 11 is 0. The second-order valence-electron chi connectivity index (χ2n) is 3.22. The second-order valence-corrected chi connectivity index (χ2v) is 3.22. The number of rotatable bonds is 2. The van der Waals surface area contributed by atoms with Crippen LogP contribution in [0, 0.1) is 0 Å². The van der Waals surface area contributed by atoms with E-state index in [2.05, 4.69) is 35.7 Å². The molecule has 1 aromatic carbocycles. The van der Waals surface area contributed by atoms with Gasteiger partial charge >= 0.3 is 0 Å². The van der Waals surface area contributed by atoms with Gasteiger partial charge in [0.25, 0.3) is 0 Å². The standard InChI is InChI=1S/C11H15N/c1-9(2)10-5-7-11(8-6-10)12(3)4/h5-8H,1H2,2-4H3. The summed E-state index contributed by atoms with van der Waals surface area (Å²) in [5, 5.41) is 0. The highest BCUT2D eigenvalue weighted by atomic mass is 15.1. The predicted molar refractivity (Wildman–Crippen MR) is 55.5 cm³/mol. The van der Waals surface area contributed by atoms with Crippen LogP contribution in [0.3, 0.4) is 0 Å². The molecule has 0 radical (unpaired) electrons. The van der Waals surface area contributed by atoms with Gasteiger partial charge in [-0.15, -0.1) is 0 Å². The van der Waals surface area contributed by atoms with E-state index < -0.39 is 0 Å². The highest BCUT2D eigenvalue weighted by molar-refractivity contribution is 5.63. The lowest BCUT2D eigenvalue weighted by molar-refractivity contribution is 1.13. The van der Waals surface area contributed by atoms with Crippen LogP contribution in [0.25, 0.3) is 5.57 Å². The molecule has 1 rings (SSSR count). The first-order valence-electron chi connectivity index (χ1n) is 4.04. The molecule has 0 aliphatic rings. The van der Waals surface area contributed by atoms with E-state index in [-0.39, 0.29) is 0 Å². The molecule has 0 atom stereocenters. The summed E-state index contributed by atoms with van der Waals surface area (Å²) in [6, 6.07) is 8.39. The molecule has 0 aliphatic carbocycles. The lowest BCUT2D eigenvalue weighted by Gasteiger charge is -2.12. The Morgan fingerprint density at radius 3 is 2.00 bits per heavy atom. The SMILES string of the molecule is C=C(C)c1ccc(N(C)C)cc1. The molecule has 1 heteroatoms. The highest BCUT2D eigenvalue weighted by Crippen LogP contribution is 2.16. The van der Waals surface area contributed by atoms with Crippen molar-refractivity contribution in [3.05, 3.63) is 36.4 Å². The third kappa shape index (κ3) is 1.88. The quantitative estimate of drug-likeness (QED) is 0.644. The summed E-state index contributed by atoms with van der Waals surface area (Å²) in [7, 11) is 4.07. The van der Waals surface area contributed by atoms with Gasteiger partial charge in [0.05, 0.1) is 0 Å². The maximum Gasteiger partial charge on any atom is 0.0361 e. The van der Waals surface area contributed by atoms with Gasteiger partial charge in [0, 0.05) is 19.8 Å². The van der Waals surface area contributed by atoms with Crippen molar-refractivity contribution >= 4 is 11.3 Å². The van der Waals surface area contributed by atoms with Crippen molar-refractivity contribution < 1.29 is 0 Å². The fourth-order valence-electron chi connectivity index (χ4n) is 1.04. The van der Waals surface area contributed by atoms with E-state index in [1.165, 1.54) is 11.3 Å². The monoisotopic (exact) mass is 161 g/mol. The average Bonchev–Trinajstić information content (AvgIpc) is 2.04. The van der Waals surface area contributed by atoms with Crippen LogP contribution in [0.1, 0.15) is 12.5 Å². The van der Waals surface area contributed by atoms with Crippen molar-refractivity contribution in [2.75, 3.05) is 19.0 Å². The Balaban J connectivity index is 2.93. The second kappa shape index (κ2) is 3.44. The molecule has 0 heterocycles. The summed E-state index contributed by atoms with van der Waals surface area (Å²) in [6.45, 7) is 5.90. The molecule has 12 heavy (non-hydrogen) atoms. The molecule has 0 saturated carbocycles. The molecule has 0 saturated heterocycles. The van der Waals surface area contributed by atoms with Gasteiger partial charge in [-0.05, 0) is 24.6 Å². The molecular weight excluding hydrogens is 146 g/mol. The first-order chi connectivity index (χ1) is 5.61. The molecule has 0 aliphatic heterocycles. The lowest BCUT2D eigenvalue weighted by atomic mass is 10.1. The Labute approximate surface area is 74.3 Å². The molecule has 1 aromatic rings. The van der Waals surface area contributed by atoms with Crippen LogP contribution in [-0.2, 0) is 0 Å². The Morgan fingerprint density at radius 2 is 1.67 bits per heavy atom. The van der Waals surface area contributed by atoms with Gasteiger partial charge in [-0.2, -0.15) is 0 Å². The minimum absolute atomic E-state index is 1.11. The van der Waals surface area contributed by atoms with Gasteiger partial charge < -0.3 is 4.90 Å². The lowest BCUT2D eigenvalue weighted by Crippen LogP contribution is -2.07. The maximum atomic E-state index is 3.89. The van der Waals surface area contributed by atoms with Gasteiger partial charge in [0.1, 0.15) is 0 Å². The van der Waals surface area contributed by atoms with E-state index in [1.807, 2.05) is 21.0 Å². The van der Waals surface area contributed by atoms with Gasteiger partial charge in [0.2, 0.25) is 0 Å². The zero-order valence-corrected chi connectivity index (χ0v) is 7.96. The first-order valence-corrected chi connectivity index (χ1v) is 4.04. The summed E-state index contributed by atoms with van der Waals surface area (Å²) < 4.78 is 0. The van der Waals surface area contributed by atoms with Crippen LogP contribution in [0.4, 0.5) is 5.69 Å². The average molecular weight is 161 g/mol. The number of nitrogens with zero attached hydrogens (tertiary/aromatic N) is 1. The fraction of sp³-hybridized carbons (Fsp3) is 0.273. The topological polar surface area (TPSA) is 3.24 Å². The van der Waals surface area contributed by atoms with E-state index in [4.69, 9.17) is 0 Å². The van der Waals surface area contributed by atoms with Crippen molar-refractivity contribution in [3.8, 4) is 0 Å². The highest BCUT2D eigenvalue weighted by Gasteiger charge is 1.95. The molecule has 0 fully saturated rings. The zero-order valence-electron chi connectivity index (χ0n) is 7.96. The van der Waals surface area contributed by atoms with Crippen molar-refractivity contribution in [1.82, 2.24) is 0 Å². The maximum absolute atomic E-state index is 3.89. The minimum Gasteiger partial charge on any atom is -0.378 e. The summed E-state index contributed by atoms with van der Waals surface area (Å²) in [6.07, 6.45) is 0. The van der Waals surface area contributed by atoms with Crippen molar-refractivity contribution in [2.45, 2.75) is 6.92 Å². The molecule has 0 spiro atoms. The normalized spacial score (nSPS) is 9.58. The van der Waals surface area contributed by atoms with Crippen LogP contribution in [-0.4, -0.2) is 14.1 Å². The first kappa shape index (κ1) is 8.85. The van der Waals surface area contributed by atoms with Crippen molar-refractivity contribution in [3.63, 3.8) is 0 Å². The molecule has 0 aromatic heterocycles. The molecule has 0 unspecified atom stereocenters. The minimum atomic E-state index is 1.11. The summed E-state index contributed by atoms with van der Waals surface area (Å²) in [4.78, 5) is 2.09. The Morgan fingerprint density at radius 1 is 1.17 bits per heavy atom. The van der Waals surface area contributed by atoms with Gasteiger partial charge in [-0.3, -0.25) is 0 Å². The van der Waals surface area contributed by atoms with Crippen LogP contribution < -0.4 is 4.90 Å². The molecule has 64 valence electrons. The number of anilines is 1. The third-order valence-corrected chi connectivity index (χ3v) is 1.88. The van der Waals surface area contributed by atoms with Gasteiger partial charge in [0.15, 0.2) is 0 Å². The summed E-state index contributed by atoms with van der Waals surface area (Å²) in [5.74, 6) is 0. The van der Waals surface area contributed by atoms with Gasteiger partial charge in [-0.25, -0.2) is 0 Å². The Bertz CT molecular complexity index is 270. The smallest absolute Gasteiger partial charge is 0.0361 e.